The Kier molecular flexibility index (Phi) is 4.28. The van der Waals surface area contributed by atoms with Crippen LogP contribution in [0.3, 0.4) is 0 Å². The van der Waals surface area contributed by atoms with Gasteiger partial charge in [-0.1, -0.05) is 6.92 Å². The van der Waals surface area contributed by atoms with E-state index >= 15 is 0 Å². The van der Waals surface area contributed by atoms with Gasteiger partial charge in [0.15, 0.2) is 0 Å². The van der Waals surface area contributed by atoms with Gasteiger partial charge in [0.25, 0.3) is 0 Å². The number of ether oxygens (including phenoxy) is 1. The summed E-state index contributed by atoms with van der Waals surface area (Å²) in [5, 5.41) is 3.37. The smallest absolute Gasteiger partial charge is 0.325 e. The molecule has 3 unspecified atom stereocenters. The molecule has 0 spiro atoms. The lowest BCUT2D eigenvalue weighted by atomic mass is 9.81. The SMILES string of the molecule is CCN1CCCC(C2CNC(C)(C(=O)OC)C2)C1. The molecule has 104 valence electrons. The second-order valence-corrected chi connectivity index (χ2v) is 5.96. The van der Waals surface area contributed by atoms with Gasteiger partial charge in [0.2, 0.25) is 0 Å². The van der Waals surface area contributed by atoms with Crippen molar-refractivity contribution >= 4 is 5.97 Å². The minimum atomic E-state index is -0.464. The molecule has 18 heavy (non-hydrogen) atoms. The minimum absolute atomic E-state index is 0.117. The number of nitrogens with zero attached hydrogens (tertiary/aromatic N) is 1. The Balaban J connectivity index is 1.94. The topological polar surface area (TPSA) is 41.6 Å². The van der Waals surface area contributed by atoms with Gasteiger partial charge in [-0.25, -0.2) is 0 Å². The number of carbonyl (C=O) groups excluding carboxylic acids is 1. The molecule has 2 aliphatic rings. The molecule has 0 aromatic carbocycles. The summed E-state index contributed by atoms with van der Waals surface area (Å²) in [6, 6.07) is 0. The third-order valence-corrected chi connectivity index (χ3v) is 4.72. The van der Waals surface area contributed by atoms with E-state index in [-0.39, 0.29) is 5.97 Å². The third-order valence-electron chi connectivity index (χ3n) is 4.72. The number of carbonyl (C=O) groups is 1. The summed E-state index contributed by atoms with van der Waals surface area (Å²) in [6.07, 6.45) is 3.52. The standard InChI is InChI=1S/C14H26N2O2/c1-4-16-7-5-6-11(10-16)12-8-14(2,15-9-12)13(17)18-3/h11-12,15H,4-10H2,1-3H3. The van der Waals surface area contributed by atoms with Crippen molar-refractivity contribution in [1.29, 1.82) is 0 Å². The first-order valence-corrected chi connectivity index (χ1v) is 7.15. The van der Waals surface area contributed by atoms with Crippen molar-refractivity contribution in [1.82, 2.24) is 10.2 Å². The molecular formula is C14H26N2O2. The van der Waals surface area contributed by atoms with Gasteiger partial charge in [-0.15, -0.1) is 0 Å². The molecule has 2 fully saturated rings. The number of piperidine rings is 1. The van der Waals surface area contributed by atoms with Gasteiger partial charge in [-0.05, 0) is 57.7 Å². The molecule has 2 heterocycles. The first-order valence-electron chi connectivity index (χ1n) is 7.15. The molecule has 0 saturated carbocycles. The average molecular weight is 254 g/mol. The third kappa shape index (κ3) is 2.69. The largest absolute Gasteiger partial charge is 0.468 e. The highest BCUT2D eigenvalue weighted by atomic mass is 16.5. The van der Waals surface area contributed by atoms with E-state index in [1.807, 2.05) is 6.92 Å². The first-order chi connectivity index (χ1) is 8.59. The Morgan fingerprint density at radius 2 is 2.28 bits per heavy atom. The minimum Gasteiger partial charge on any atom is -0.468 e. The zero-order valence-electron chi connectivity index (χ0n) is 11.9. The maximum Gasteiger partial charge on any atom is 0.325 e. The molecule has 0 aliphatic carbocycles. The Labute approximate surface area is 110 Å². The highest BCUT2D eigenvalue weighted by Crippen LogP contribution is 2.34. The molecule has 2 rings (SSSR count). The molecule has 0 aromatic heterocycles. The highest BCUT2D eigenvalue weighted by Gasteiger charge is 2.44. The van der Waals surface area contributed by atoms with Gasteiger partial charge in [-0.3, -0.25) is 4.79 Å². The zero-order chi connectivity index (χ0) is 13.2. The quantitative estimate of drug-likeness (QED) is 0.770. The lowest BCUT2D eigenvalue weighted by Crippen LogP contribution is -2.45. The van der Waals surface area contributed by atoms with E-state index in [9.17, 15) is 4.79 Å². The zero-order valence-corrected chi connectivity index (χ0v) is 11.9. The second-order valence-electron chi connectivity index (χ2n) is 5.96. The van der Waals surface area contributed by atoms with Gasteiger partial charge in [0, 0.05) is 6.54 Å². The fourth-order valence-corrected chi connectivity index (χ4v) is 3.50. The number of hydrogen-bond donors (Lipinski definition) is 1. The van der Waals surface area contributed by atoms with E-state index in [1.54, 1.807) is 0 Å². The Morgan fingerprint density at radius 1 is 1.50 bits per heavy atom. The van der Waals surface area contributed by atoms with Crippen LogP contribution >= 0.6 is 0 Å². The number of esters is 1. The molecule has 0 bridgehead atoms. The summed E-state index contributed by atoms with van der Waals surface area (Å²) < 4.78 is 4.90. The van der Waals surface area contributed by atoms with Crippen molar-refractivity contribution in [3.63, 3.8) is 0 Å². The van der Waals surface area contributed by atoms with Gasteiger partial charge >= 0.3 is 5.97 Å². The van der Waals surface area contributed by atoms with Crippen LogP contribution in [0.2, 0.25) is 0 Å². The van der Waals surface area contributed by atoms with Crippen LogP contribution < -0.4 is 5.32 Å². The van der Waals surface area contributed by atoms with Crippen molar-refractivity contribution in [3.05, 3.63) is 0 Å². The molecule has 0 amide bonds. The molecule has 4 heteroatoms. The van der Waals surface area contributed by atoms with Crippen LogP contribution in [-0.2, 0) is 9.53 Å². The fourth-order valence-electron chi connectivity index (χ4n) is 3.50. The van der Waals surface area contributed by atoms with Crippen molar-refractivity contribution in [2.24, 2.45) is 11.8 Å². The van der Waals surface area contributed by atoms with Crippen molar-refractivity contribution < 1.29 is 9.53 Å². The lowest BCUT2D eigenvalue weighted by Gasteiger charge is -2.35. The maximum absolute atomic E-state index is 11.8. The fraction of sp³-hybridized carbons (Fsp3) is 0.929. The molecule has 2 saturated heterocycles. The predicted octanol–water partition coefficient (Wildman–Crippen LogP) is 1.26. The molecule has 0 aromatic rings. The van der Waals surface area contributed by atoms with E-state index in [0.29, 0.717) is 5.92 Å². The van der Waals surface area contributed by atoms with E-state index < -0.39 is 5.54 Å². The van der Waals surface area contributed by atoms with Gasteiger partial charge in [0.1, 0.15) is 5.54 Å². The number of nitrogens with one attached hydrogen (secondary N) is 1. The van der Waals surface area contributed by atoms with Crippen molar-refractivity contribution in [3.8, 4) is 0 Å². The van der Waals surface area contributed by atoms with Crippen molar-refractivity contribution in [2.75, 3.05) is 33.3 Å². The maximum atomic E-state index is 11.8. The molecule has 2 aliphatic heterocycles. The van der Waals surface area contributed by atoms with Gasteiger partial charge in [-0.2, -0.15) is 0 Å². The molecule has 0 radical (unpaired) electrons. The molecular weight excluding hydrogens is 228 g/mol. The summed E-state index contributed by atoms with van der Waals surface area (Å²) in [5.41, 5.74) is -0.464. The monoisotopic (exact) mass is 254 g/mol. The molecule has 1 N–H and O–H groups in total. The number of likely N-dealkylation sites (tertiary alicyclic amines) is 1. The van der Waals surface area contributed by atoms with Crippen LogP contribution in [0.4, 0.5) is 0 Å². The van der Waals surface area contributed by atoms with Crippen LogP contribution in [0.25, 0.3) is 0 Å². The van der Waals surface area contributed by atoms with E-state index in [2.05, 4.69) is 17.1 Å². The Morgan fingerprint density at radius 3 is 2.94 bits per heavy atom. The van der Waals surface area contributed by atoms with E-state index in [4.69, 9.17) is 4.74 Å². The first kappa shape index (κ1) is 13.8. The lowest BCUT2D eigenvalue weighted by molar-refractivity contribution is -0.147. The van der Waals surface area contributed by atoms with Crippen molar-refractivity contribution in [2.45, 2.75) is 38.6 Å². The van der Waals surface area contributed by atoms with Gasteiger partial charge in [0.05, 0.1) is 7.11 Å². The van der Waals surface area contributed by atoms with Crippen LogP contribution in [0.15, 0.2) is 0 Å². The second kappa shape index (κ2) is 5.57. The number of rotatable bonds is 3. The summed E-state index contributed by atoms with van der Waals surface area (Å²) in [6.45, 7) is 8.73. The molecule has 3 atom stereocenters. The number of hydrogen-bond acceptors (Lipinski definition) is 4. The Bertz CT molecular complexity index is 308. The summed E-state index contributed by atoms with van der Waals surface area (Å²) in [7, 11) is 1.47. The summed E-state index contributed by atoms with van der Waals surface area (Å²) >= 11 is 0. The number of methoxy groups -OCH3 is 1. The summed E-state index contributed by atoms with van der Waals surface area (Å²) in [4.78, 5) is 14.3. The highest BCUT2D eigenvalue weighted by molar-refractivity contribution is 5.80. The van der Waals surface area contributed by atoms with E-state index in [0.717, 1.165) is 25.4 Å². The van der Waals surface area contributed by atoms with Crippen LogP contribution in [0.5, 0.6) is 0 Å². The van der Waals surface area contributed by atoms with Crippen LogP contribution in [-0.4, -0.2) is 49.7 Å². The van der Waals surface area contributed by atoms with E-state index in [1.165, 1.54) is 33.0 Å². The predicted molar refractivity (Wildman–Crippen MR) is 71.4 cm³/mol. The van der Waals surface area contributed by atoms with Crippen LogP contribution in [0, 0.1) is 11.8 Å². The van der Waals surface area contributed by atoms with Gasteiger partial charge < -0.3 is 15.0 Å². The average Bonchev–Trinajstić information content (AvgIpc) is 2.82. The van der Waals surface area contributed by atoms with Crippen LogP contribution in [0.1, 0.15) is 33.1 Å². The Hall–Kier alpha value is -0.610. The normalized spacial score (nSPS) is 37.7. The molecule has 4 nitrogen and oxygen atoms in total. The summed E-state index contributed by atoms with van der Waals surface area (Å²) in [5.74, 6) is 1.23.